The van der Waals surface area contributed by atoms with Crippen LogP contribution in [-0.2, 0) is 19.4 Å². The molecule has 20 heavy (non-hydrogen) atoms. The highest BCUT2D eigenvalue weighted by Crippen LogP contribution is 2.29. The SMILES string of the molecule is O=c1n(Cc2cccc3c2CCC3)nnn1C1CCC1. The first-order valence-electron chi connectivity index (χ1n) is 7.45. The van der Waals surface area contributed by atoms with Crippen LogP contribution in [0.1, 0.15) is 48.4 Å². The largest absolute Gasteiger partial charge is 0.364 e. The summed E-state index contributed by atoms with van der Waals surface area (Å²) >= 11 is 0. The Morgan fingerprint density at radius 2 is 2.05 bits per heavy atom. The highest BCUT2D eigenvalue weighted by Gasteiger charge is 2.24. The average molecular weight is 270 g/mol. The smallest absolute Gasteiger partial charge is 0.244 e. The van der Waals surface area contributed by atoms with E-state index in [0.717, 1.165) is 25.7 Å². The molecular formula is C15H18N4O. The van der Waals surface area contributed by atoms with Crippen LogP contribution < -0.4 is 5.69 Å². The van der Waals surface area contributed by atoms with Crippen molar-refractivity contribution in [2.45, 2.75) is 51.1 Å². The number of aromatic nitrogens is 4. The fraction of sp³-hybridized carbons (Fsp3) is 0.533. The molecule has 0 atom stereocenters. The van der Waals surface area contributed by atoms with Gasteiger partial charge in [-0.25, -0.2) is 4.79 Å². The van der Waals surface area contributed by atoms with E-state index in [1.807, 2.05) is 0 Å². The van der Waals surface area contributed by atoms with E-state index in [4.69, 9.17) is 0 Å². The zero-order valence-electron chi connectivity index (χ0n) is 11.5. The van der Waals surface area contributed by atoms with Crippen molar-refractivity contribution >= 4 is 0 Å². The van der Waals surface area contributed by atoms with E-state index in [2.05, 4.69) is 28.6 Å². The maximum absolute atomic E-state index is 12.3. The van der Waals surface area contributed by atoms with Crippen LogP contribution in [-0.4, -0.2) is 19.8 Å². The number of rotatable bonds is 3. The predicted molar refractivity (Wildman–Crippen MR) is 74.7 cm³/mol. The molecule has 4 rings (SSSR count). The van der Waals surface area contributed by atoms with Gasteiger partial charge in [0.15, 0.2) is 0 Å². The molecule has 2 aromatic rings. The average Bonchev–Trinajstić information content (AvgIpc) is 2.99. The molecule has 0 saturated heterocycles. The van der Waals surface area contributed by atoms with Crippen LogP contribution in [0.5, 0.6) is 0 Å². The molecule has 0 amide bonds. The van der Waals surface area contributed by atoms with Crippen LogP contribution in [0.15, 0.2) is 23.0 Å². The van der Waals surface area contributed by atoms with Gasteiger partial charge in [-0.05, 0) is 65.6 Å². The number of tetrazole rings is 1. The normalized spacial score (nSPS) is 18.0. The fourth-order valence-electron chi connectivity index (χ4n) is 3.25. The second-order valence-corrected chi connectivity index (χ2v) is 5.86. The van der Waals surface area contributed by atoms with Crippen molar-refractivity contribution in [1.82, 2.24) is 19.8 Å². The van der Waals surface area contributed by atoms with Gasteiger partial charge >= 0.3 is 5.69 Å². The minimum absolute atomic E-state index is 0.0645. The Labute approximate surface area is 117 Å². The van der Waals surface area contributed by atoms with Gasteiger partial charge in [0.2, 0.25) is 0 Å². The lowest BCUT2D eigenvalue weighted by Gasteiger charge is -2.23. The molecule has 1 saturated carbocycles. The number of nitrogens with zero attached hydrogens (tertiary/aromatic N) is 4. The van der Waals surface area contributed by atoms with E-state index in [9.17, 15) is 4.79 Å². The molecule has 1 aromatic carbocycles. The first-order chi connectivity index (χ1) is 9.83. The van der Waals surface area contributed by atoms with Crippen molar-refractivity contribution in [1.29, 1.82) is 0 Å². The van der Waals surface area contributed by atoms with Gasteiger partial charge in [0, 0.05) is 0 Å². The van der Waals surface area contributed by atoms with Gasteiger partial charge < -0.3 is 0 Å². The standard InChI is InChI=1S/C15H18N4O/c20-15-18(16-17-19(15)13-7-3-8-13)10-12-6-1-4-11-5-2-9-14(11)12/h1,4,6,13H,2-3,5,7-10H2. The zero-order chi connectivity index (χ0) is 13.5. The quantitative estimate of drug-likeness (QED) is 0.853. The van der Waals surface area contributed by atoms with Gasteiger partial charge in [0.05, 0.1) is 12.6 Å². The lowest BCUT2D eigenvalue weighted by atomic mass is 9.93. The van der Waals surface area contributed by atoms with Crippen LogP contribution in [0.25, 0.3) is 0 Å². The molecule has 104 valence electrons. The van der Waals surface area contributed by atoms with Gasteiger partial charge in [-0.1, -0.05) is 18.2 Å². The van der Waals surface area contributed by atoms with E-state index in [1.165, 1.54) is 34.2 Å². The summed E-state index contributed by atoms with van der Waals surface area (Å²) in [4.78, 5) is 12.3. The predicted octanol–water partition coefficient (Wildman–Crippen LogP) is 1.70. The molecule has 2 aliphatic carbocycles. The van der Waals surface area contributed by atoms with Crippen molar-refractivity contribution in [2.24, 2.45) is 0 Å². The Balaban J connectivity index is 1.65. The number of hydrogen-bond acceptors (Lipinski definition) is 3. The van der Waals surface area contributed by atoms with Gasteiger partial charge in [-0.3, -0.25) is 0 Å². The second kappa shape index (κ2) is 4.58. The minimum atomic E-state index is -0.0645. The van der Waals surface area contributed by atoms with E-state index in [0.29, 0.717) is 6.54 Å². The molecule has 0 radical (unpaired) electrons. The van der Waals surface area contributed by atoms with Crippen molar-refractivity contribution in [3.05, 3.63) is 45.4 Å². The summed E-state index contributed by atoms with van der Waals surface area (Å²) in [7, 11) is 0. The molecule has 1 fully saturated rings. The third-order valence-electron chi connectivity index (χ3n) is 4.64. The monoisotopic (exact) mass is 270 g/mol. The highest BCUT2D eigenvalue weighted by atomic mass is 16.2. The molecule has 0 N–H and O–H groups in total. The molecule has 5 nitrogen and oxygen atoms in total. The Morgan fingerprint density at radius 1 is 1.15 bits per heavy atom. The maximum atomic E-state index is 12.3. The maximum Gasteiger partial charge on any atom is 0.364 e. The van der Waals surface area contributed by atoms with Crippen LogP contribution in [0, 0.1) is 0 Å². The van der Waals surface area contributed by atoms with Gasteiger partial charge in [-0.2, -0.15) is 9.36 Å². The molecule has 0 bridgehead atoms. The Kier molecular flexibility index (Phi) is 2.72. The van der Waals surface area contributed by atoms with Crippen LogP contribution >= 0.6 is 0 Å². The Bertz CT molecular complexity index is 696. The lowest BCUT2D eigenvalue weighted by Crippen LogP contribution is -2.31. The van der Waals surface area contributed by atoms with Crippen LogP contribution in [0.2, 0.25) is 0 Å². The number of aryl methyl sites for hydroxylation is 1. The van der Waals surface area contributed by atoms with Crippen molar-refractivity contribution < 1.29 is 0 Å². The molecule has 5 heteroatoms. The van der Waals surface area contributed by atoms with E-state index in [-0.39, 0.29) is 11.7 Å². The number of benzene rings is 1. The lowest BCUT2D eigenvalue weighted by molar-refractivity contribution is 0.277. The summed E-state index contributed by atoms with van der Waals surface area (Å²) in [5, 5.41) is 8.10. The second-order valence-electron chi connectivity index (χ2n) is 5.86. The molecule has 2 aliphatic rings. The number of fused-ring (bicyclic) bond motifs is 1. The number of hydrogen-bond donors (Lipinski definition) is 0. The zero-order valence-corrected chi connectivity index (χ0v) is 11.5. The summed E-state index contributed by atoms with van der Waals surface area (Å²) < 4.78 is 3.07. The van der Waals surface area contributed by atoms with Gasteiger partial charge in [-0.15, -0.1) is 0 Å². The summed E-state index contributed by atoms with van der Waals surface area (Å²) in [5.41, 5.74) is 4.01. The van der Waals surface area contributed by atoms with Crippen LogP contribution in [0.3, 0.4) is 0 Å². The first kappa shape index (κ1) is 11.9. The summed E-state index contributed by atoms with van der Waals surface area (Å²) in [6, 6.07) is 6.66. The van der Waals surface area contributed by atoms with Crippen molar-refractivity contribution in [3.8, 4) is 0 Å². The molecule has 0 spiro atoms. The molecule has 0 aliphatic heterocycles. The molecule has 0 unspecified atom stereocenters. The summed E-state index contributed by atoms with van der Waals surface area (Å²) in [5.74, 6) is 0. The fourth-order valence-corrected chi connectivity index (χ4v) is 3.25. The third-order valence-corrected chi connectivity index (χ3v) is 4.64. The Morgan fingerprint density at radius 3 is 2.85 bits per heavy atom. The van der Waals surface area contributed by atoms with E-state index < -0.39 is 0 Å². The van der Waals surface area contributed by atoms with Crippen molar-refractivity contribution in [2.75, 3.05) is 0 Å². The molecule has 1 heterocycles. The molecular weight excluding hydrogens is 252 g/mol. The molecule has 1 aromatic heterocycles. The Hall–Kier alpha value is -1.91. The third kappa shape index (κ3) is 1.80. The van der Waals surface area contributed by atoms with E-state index >= 15 is 0 Å². The van der Waals surface area contributed by atoms with Crippen molar-refractivity contribution in [3.63, 3.8) is 0 Å². The minimum Gasteiger partial charge on any atom is -0.244 e. The van der Waals surface area contributed by atoms with Crippen LogP contribution in [0.4, 0.5) is 0 Å². The van der Waals surface area contributed by atoms with Gasteiger partial charge in [0.1, 0.15) is 0 Å². The summed E-state index contributed by atoms with van der Waals surface area (Å²) in [6.45, 7) is 0.550. The first-order valence-corrected chi connectivity index (χ1v) is 7.45. The topological polar surface area (TPSA) is 52.7 Å². The van der Waals surface area contributed by atoms with Gasteiger partial charge in [0.25, 0.3) is 0 Å². The summed E-state index contributed by atoms with van der Waals surface area (Å²) in [6.07, 6.45) is 6.80. The van der Waals surface area contributed by atoms with E-state index in [1.54, 1.807) is 4.68 Å². The highest BCUT2D eigenvalue weighted by molar-refractivity contribution is 5.38.